The monoisotopic (exact) mass is 386 g/mol. The summed E-state index contributed by atoms with van der Waals surface area (Å²) in [6, 6.07) is 8.50. The summed E-state index contributed by atoms with van der Waals surface area (Å²) in [5, 5.41) is 11.6. The Hall–Kier alpha value is -3.11. The molecule has 10 heteroatoms. The van der Waals surface area contributed by atoms with Crippen LogP contribution in [0.2, 0.25) is 0 Å². The summed E-state index contributed by atoms with van der Waals surface area (Å²) < 4.78 is 0.186. The van der Waals surface area contributed by atoms with Crippen LogP contribution in [0.4, 0.5) is 5.69 Å². The van der Waals surface area contributed by atoms with Gasteiger partial charge >= 0.3 is 0 Å². The smallest absolute Gasteiger partial charge is 0.267 e. The molecule has 3 rings (SSSR count). The number of carbonyl (C=O) groups excluding carboxylic acids is 2. The first kappa shape index (κ1) is 17.7. The number of nitro benzene ring substituents is 1. The molecule has 2 heterocycles. The number of pyridine rings is 1. The lowest BCUT2D eigenvalue weighted by Gasteiger charge is -2.15. The zero-order valence-corrected chi connectivity index (χ0v) is 14.6. The third-order valence-corrected chi connectivity index (χ3v) is 4.65. The first-order valence-electron chi connectivity index (χ1n) is 7.19. The maximum Gasteiger partial charge on any atom is 0.285 e. The largest absolute Gasteiger partial charge is 0.285 e. The van der Waals surface area contributed by atoms with E-state index in [4.69, 9.17) is 12.2 Å². The van der Waals surface area contributed by atoms with Crippen LogP contribution in [0.1, 0.15) is 15.9 Å². The van der Waals surface area contributed by atoms with Gasteiger partial charge in [-0.3, -0.25) is 30.1 Å². The third-order valence-electron chi connectivity index (χ3n) is 3.35. The van der Waals surface area contributed by atoms with Crippen LogP contribution in [0, 0.1) is 10.1 Å². The SMILES string of the molecule is O=C(NN1C(=O)/C(=C\c2ccncc2)SC1=S)c1ccc([N+](=O)[O-])cc1. The molecule has 2 aromatic rings. The van der Waals surface area contributed by atoms with Crippen molar-refractivity contribution in [2.75, 3.05) is 0 Å². The summed E-state index contributed by atoms with van der Waals surface area (Å²) in [7, 11) is 0. The van der Waals surface area contributed by atoms with Crippen molar-refractivity contribution >= 4 is 51.9 Å². The Morgan fingerprint density at radius 1 is 1.23 bits per heavy atom. The number of non-ortho nitro benzene ring substituents is 1. The van der Waals surface area contributed by atoms with Gasteiger partial charge in [0.25, 0.3) is 17.5 Å². The molecule has 8 nitrogen and oxygen atoms in total. The number of rotatable bonds is 4. The molecule has 1 fully saturated rings. The van der Waals surface area contributed by atoms with E-state index in [9.17, 15) is 19.7 Å². The summed E-state index contributed by atoms with van der Waals surface area (Å²) in [6.07, 6.45) is 4.85. The van der Waals surface area contributed by atoms with Crippen LogP contribution in [0.25, 0.3) is 6.08 Å². The summed E-state index contributed by atoms with van der Waals surface area (Å²) >= 11 is 6.21. The van der Waals surface area contributed by atoms with Gasteiger partial charge in [-0.25, -0.2) is 0 Å². The number of thioether (sulfide) groups is 1. The van der Waals surface area contributed by atoms with Crippen LogP contribution in [-0.4, -0.2) is 31.1 Å². The Balaban J connectivity index is 1.74. The number of aromatic nitrogens is 1. The summed E-state index contributed by atoms with van der Waals surface area (Å²) in [5.74, 6) is -1.05. The fourth-order valence-electron chi connectivity index (χ4n) is 2.08. The summed E-state index contributed by atoms with van der Waals surface area (Å²) in [6.45, 7) is 0. The second kappa shape index (κ2) is 7.42. The van der Waals surface area contributed by atoms with Gasteiger partial charge in [0, 0.05) is 30.1 Å². The first-order valence-corrected chi connectivity index (χ1v) is 8.41. The van der Waals surface area contributed by atoms with E-state index in [1.54, 1.807) is 30.6 Å². The molecule has 0 unspecified atom stereocenters. The number of nitrogens with zero attached hydrogens (tertiary/aromatic N) is 3. The highest BCUT2D eigenvalue weighted by atomic mass is 32.2. The average Bonchev–Trinajstić information content (AvgIpc) is 2.90. The lowest BCUT2D eigenvalue weighted by atomic mass is 10.2. The molecule has 0 atom stereocenters. The van der Waals surface area contributed by atoms with Crippen molar-refractivity contribution in [3.05, 3.63) is 74.9 Å². The van der Waals surface area contributed by atoms with Gasteiger partial charge in [0.15, 0.2) is 4.32 Å². The molecule has 0 spiro atoms. The van der Waals surface area contributed by atoms with E-state index in [1.807, 2.05) is 0 Å². The standard InChI is InChI=1S/C16H10N4O4S2/c21-14(11-1-3-12(4-2-11)20(23)24)18-19-15(22)13(26-16(19)25)9-10-5-7-17-8-6-10/h1-9H,(H,18,21)/b13-9+. The highest BCUT2D eigenvalue weighted by Crippen LogP contribution is 2.31. The molecular weight excluding hydrogens is 376 g/mol. The Bertz CT molecular complexity index is 929. The zero-order chi connectivity index (χ0) is 18.7. The van der Waals surface area contributed by atoms with Crippen molar-refractivity contribution in [2.24, 2.45) is 0 Å². The van der Waals surface area contributed by atoms with Gasteiger partial charge in [0.2, 0.25) is 0 Å². The quantitative estimate of drug-likeness (QED) is 0.372. The molecule has 1 aliphatic heterocycles. The molecule has 1 saturated heterocycles. The number of nitrogens with one attached hydrogen (secondary N) is 1. The van der Waals surface area contributed by atoms with Crippen molar-refractivity contribution < 1.29 is 14.5 Å². The Labute approximate surface area is 157 Å². The van der Waals surface area contributed by atoms with E-state index in [2.05, 4.69) is 10.4 Å². The molecular formula is C16H10N4O4S2. The minimum absolute atomic E-state index is 0.132. The molecule has 130 valence electrons. The molecule has 1 N–H and O–H groups in total. The van der Waals surface area contributed by atoms with Gasteiger partial charge < -0.3 is 0 Å². The predicted octanol–water partition coefficient (Wildman–Crippen LogP) is 2.54. The number of hydrazine groups is 1. The molecule has 0 saturated carbocycles. The van der Waals surface area contributed by atoms with Crippen molar-refractivity contribution in [3.8, 4) is 0 Å². The van der Waals surface area contributed by atoms with Crippen molar-refractivity contribution in [1.29, 1.82) is 0 Å². The van der Waals surface area contributed by atoms with Crippen LogP contribution in [0.15, 0.2) is 53.7 Å². The normalized spacial score (nSPS) is 15.4. The maximum atomic E-state index is 12.5. The van der Waals surface area contributed by atoms with Gasteiger partial charge in [-0.15, -0.1) is 0 Å². The predicted molar refractivity (Wildman–Crippen MR) is 99.8 cm³/mol. The minimum atomic E-state index is -0.596. The van der Waals surface area contributed by atoms with Gasteiger partial charge in [0.1, 0.15) is 0 Å². The minimum Gasteiger partial charge on any atom is -0.267 e. The van der Waals surface area contributed by atoms with Gasteiger partial charge in [-0.2, -0.15) is 5.01 Å². The molecule has 1 aromatic carbocycles. The number of carbonyl (C=O) groups is 2. The second-order valence-electron chi connectivity index (χ2n) is 5.04. The lowest BCUT2D eigenvalue weighted by Crippen LogP contribution is -2.44. The molecule has 1 aliphatic rings. The number of nitro groups is 1. The molecule has 0 bridgehead atoms. The fourth-order valence-corrected chi connectivity index (χ4v) is 3.26. The molecule has 0 radical (unpaired) electrons. The van der Waals surface area contributed by atoms with E-state index in [0.29, 0.717) is 4.91 Å². The van der Waals surface area contributed by atoms with Gasteiger partial charge in [0.05, 0.1) is 9.83 Å². The number of amides is 2. The number of thiocarbonyl (C=S) groups is 1. The van der Waals surface area contributed by atoms with Crippen LogP contribution < -0.4 is 5.43 Å². The average molecular weight is 386 g/mol. The van der Waals surface area contributed by atoms with Crippen LogP contribution in [0.5, 0.6) is 0 Å². The molecule has 0 aliphatic carbocycles. The lowest BCUT2D eigenvalue weighted by molar-refractivity contribution is -0.384. The first-order chi connectivity index (χ1) is 12.5. The highest BCUT2D eigenvalue weighted by Gasteiger charge is 2.33. The van der Waals surface area contributed by atoms with Crippen LogP contribution in [0.3, 0.4) is 0 Å². The van der Waals surface area contributed by atoms with Crippen LogP contribution >= 0.6 is 24.0 Å². The van der Waals surface area contributed by atoms with E-state index in [1.165, 1.54) is 24.3 Å². The Morgan fingerprint density at radius 2 is 1.88 bits per heavy atom. The topological polar surface area (TPSA) is 105 Å². The van der Waals surface area contributed by atoms with E-state index in [-0.39, 0.29) is 15.6 Å². The van der Waals surface area contributed by atoms with Crippen molar-refractivity contribution in [2.45, 2.75) is 0 Å². The highest BCUT2D eigenvalue weighted by molar-refractivity contribution is 8.26. The number of hydrogen-bond acceptors (Lipinski definition) is 7. The second-order valence-corrected chi connectivity index (χ2v) is 6.72. The van der Waals surface area contributed by atoms with E-state index < -0.39 is 16.7 Å². The molecule has 26 heavy (non-hydrogen) atoms. The van der Waals surface area contributed by atoms with E-state index in [0.717, 1.165) is 22.3 Å². The number of hydrogen-bond donors (Lipinski definition) is 1. The van der Waals surface area contributed by atoms with E-state index >= 15 is 0 Å². The summed E-state index contributed by atoms with van der Waals surface area (Å²) in [4.78, 5) is 39.1. The van der Waals surface area contributed by atoms with Gasteiger partial charge in [-0.1, -0.05) is 11.8 Å². The molecule has 2 amide bonds. The number of benzene rings is 1. The van der Waals surface area contributed by atoms with Crippen molar-refractivity contribution in [3.63, 3.8) is 0 Å². The van der Waals surface area contributed by atoms with Crippen molar-refractivity contribution in [1.82, 2.24) is 15.4 Å². The Morgan fingerprint density at radius 3 is 2.50 bits per heavy atom. The zero-order valence-electron chi connectivity index (χ0n) is 13.0. The maximum absolute atomic E-state index is 12.5. The molecule has 1 aromatic heterocycles. The Kier molecular flexibility index (Phi) is 5.05. The third kappa shape index (κ3) is 3.76. The van der Waals surface area contributed by atoms with Crippen LogP contribution in [-0.2, 0) is 4.79 Å². The summed E-state index contributed by atoms with van der Waals surface area (Å²) in [5.41, 5.74) is 3.24. The fraction of sp³-hybridized carbons (Fsp3) is 0. The van der Waals surface area contributed by atoms with Gasteiger partial charge in [-0.05, 0) is 48.1 Å².